The van der Waals surface area contributed by atoms with Gasteiger partial charge in [-0.05, 0) is 30.9 Å². The molecular formula is C17H21FN4OS. The first-order valence-electron chi connectivity index (χ1n) is 8.20. The molecule has 7 heteroatoms. The number of nitrogens with zero attached hydrogens (tertiary/aromatic N) is 4. The van der Waals surface area contributed by atoms with Crippen LogP contribution in [0, 0.1) is 5.82 Å². The average molecular weight is 348 g/mol. The van der Waals surface area contributed by atoms with Gasteiger partial charge >= 0.3 is 0 Å². The van der Waals surface area contributed by atoms with E-state index in [1.54, 1.807) is 6.07 Å². The normalized spacial score (nSPS) is 17.0. The van der Waals surface area contributed by atoms with Crippen LogP contribution in [0.3, 0.4) is 0 Å². The van der Waals surface area contributed by atoms with Gasteiger partial charge in [-0.25, -0.2) is 4.39 Å². The van der Waals surface area contributed by atoms with E-state index >= 15 is 0 Å². The van der Waals surface area contributed by atoms with E-state index in [0.717, 1.165) is 18.8 Å². The van der Waals surface area contributed by atoms with Crippen LogP contribution in [-0.2, 0) is 6.42 Å². The summed E-state index contributed by atoms with van der Waals surface area (Å²) in [6, 6.07) is 6.89. The van der Waals surface area contributed by atoms with Crippen LogP contribution in [0.25, 0.3) is 0 Å². The number of aryl methyl sites for hydroxylation is 1. The largest absolute Gasteiger partial charge is 0.335 e. The quantitative estimate of drug-likeness (QED) is 0.852. The van der Waals surface area contributed by atoms with Crippen molar-refractivity contribution in [3.63, 3.8) is 0 Å². The molecule has 1 saturated heterocycles. The van der Waals surface area contributed by atoms with Gasteiger partial charge in [-0.2, -0.15) is 0 Å². The first-order valence-corrected chi connectivity index (χ1v) is 8.98. The van der Waals surface area contributed by atoms with Crippen molar-refractivity contribution in [3.8, 4) is 0 Å². The maximum Gasteiger partial charge on any atom is 0.267 e. The highest BCUT2D eigenvalue weighted by molar-refractivity contribution is 7.08. The van der Waals surface area contributed by atoms with E-state index in [-0.39, 0.29) is 17.8 Å². The topological polar surface area (TPSA) is 49.3 Å². The Balaban J connectivity index is 1.64. The van der Waals surface area contributed by atoms with Crippen LogP contribution in [-0.4, -0.2) is 51.5 Å². The van der Waals surface area contributed by atoms with E-state index in [0.29, 0.717) is 30.0 Å². The standard InChI is InChI=1S/C17H21FN4OS/c1-3-15-16(24-20-19-15)17(23)22-10-8-21(9-11-22)12(2)13-6-4-5-7-14(13)18/h4-7,12H,3,8-11H2,1-2H3/t12-/m1/s1. The molecule has 1 atom stereocenters. The molecule has 1 aromatic carbocycles. The third kappa shape index (κ3) is 3.32. The molecule has 2 aromatic rings. The summed E-state index contributed by atoms with van der Waals surface area (Å²) in [5.74, 6) is -0.160. The number of amides is 1. The Hall–Kier alpha value is -1.86. The van der Waals surface area contributed by atoms with E-state index in [1.807, 2.05) is 30.9 Å². The van der Waals surface area contributed by atoms with Gasteiger partial charge in [0.15, 0.2) is 0 Å². The van der Waals surface area contributed by atoms with Crippen LogP contribution < -0.4 is 0 Å². The molecule has 0 N–H and O–H groups in total. The first kappa shape index (κ1) is 17.0. The molecule has 24 heavy (non-hydrogen) atoms. The smallest absolute Gasteiger partial charge is 0.267 e. The molecule has 1 aromatic heterocycles. The number of piperazine rings is 1. The third-order valence-corrected chi connectivity index (χ3v) is 5.35. The summed E-state index contributed by atoms with van der Waals surface area (Å²) in [7, 11) is 0. The lowest BCUT2D eigenvalue weighted by Gasteiger charge is -2.38. The highest BCUT2D eigenvalue weighted by Crippen LogP contribution is 2.24. The predicted octanol–water partition coefficient (Wildman–Crippen LogP) is 2.76. The van der Waals surface area contributed by atoms with Gasteiger partial charge in [0.2, 0.25) is 0 Å². The van der Waals surface area contributed by atoms with Crippen molar-refractivity contribution in [2.24, 2.45) is 0 Å². The van der Waals surface area contributed by atoms with Crippen molar-refractivity contribution < 1.29 is 9.18 Å². The Bertz CT molecular complexity index is 712. The van der Waals surface area contributed by atoms with Crippen LogP contribution >= 0.6 is 11.5 Å². The van der Waals surface area contributed by atoms with E-state index in [9.17, 15) is 9.18 Å². The lowest BCUT2D eigenvalue weighted by molar-refractivity contribution is 0.0582. The molecule has 0 spiro atoms. The molecule has 0 saturated carbocycles. The van der Waals surface area contributed by atoms with Crippen molar-refractivity contribution >= 4 is 17.4 Å². The summed E-state index contributed by atoms with van der Waals surface area (Å²) in [5, 5.41) is 4.01. The SMILES string of the molecule is CCc1nnsc1C(=O)N1CCN([C@H](C)c2ccccc2F)CC1. The molecule has 0 bridgehead atoms. The summed E-state index contributed by atoms with van der Waals surface area (Å²) in [6.45, 7) is 6.72. The van der Waals surface area contributed by atoms with Crippen molar-refractivity contribution in [2.45, 2.75) is 26.3 Å². The minimum Gasteiger partial charge on any atom is -0.335 e. The molecule has 0 aliphatic carbocycles. The molecule has 0 unspecified atom stereocenters. The zero-order valence-electron chi connectivity index (χ0n) is 13.9. The zero-order valence-corrected chi connectivity index (χ0v) is 14.7. The number of halogens is 1. The minimum atomic E-state index is -0.174. The molecule has 128 valence electrons. The first-order chi connectivity index (χ1) is 11.6. The lowest BCUT2D eigenvalue weighted by Crippen LogP contribution is -2.49. The van der Waals surface area contributed by atoms with Gasteiger partial charge in [0, 0.05) is 37.8 Å². The molecule has 1 fully saturated rings. The molecule has 1 amide bonds. The highest BCUT2D eigenvalue weighted by Gasteiger charge is 2.28. The molecule has 1 aliphatic rings. The van der Waals surface area contributed by atoms with Crippen LogP contribution in [0.4, 0.5) is 4.39 Å². The van der Waals surface area contributed by atoms with Crippen molar-refractivity contribution in [3.05, 3.63) is 46.2 Å². The fourth-order valence-electron chi connectivity index (χ4n) is 3.07. The second-order valence-corrected chi connectivity index (χ2v) is 6.68. The van der Waals surface area contributed by atoms with Crippen molar-refractivity contribution in [1.82, 2.24) is 19.4 Å². The predicted molar refractivity (Wildman–Crippen MR) is 91.6 cm³/mol. The minimum absolute atomic E-state index is 0.000254. The summed E-state index contributed by atoms with van der Waals surface area (Å²) in [5.41, 5.74) is 1.48. The van der Waals surface area contributed by atoms with Crippen LogP contribution in [0.5, 0.6) is 0 Å². The molecule has 0 radical (unpaired) electrons. The number of rotatable bonds is 4. The van der Waals surface area contributed by atoms with Gasteiger partial charge in [-0.1, -0.05) is 29.6 Å². The second-order valence-electron chi connectivity index (χ2n) is 5.93. The third-order valence-electron chi connectivity index (χ3n) is 4.59. The number of hydrogen-bond acceptors (Lipinski definition) is 5. The summed E-state index contributed by atoms with van der Waals surface area (Å²) >= 11 is 1.17. The van der Waals surface area contributed by atoms with Gasteiger partial charge in [0.05, 0.1) is 5.69 Å². The maximum atomic E-state index is 14.0. The monoisotopic (exact) mass is 348 g/mol. The Morgan fingerprint density at radius 3 is 2.67 bits per heavy atom. The van der Waals surface area contributed by atoms with Crippen LogP contribution in [0.15, 0.2) is 24.3 Å². The van der Waals surface area contributed by atoms with Gasteiger partial charge in [-0.15, -0.1) is 5.10 Å². The van der Waals surface area contributed by atoms with E-state index < -0.39 is 0 Å². The lowest BCUT2D eigenvalue weighted by atomic mass is 10.1. The number of hydrogen-bond donors (Lipinski definition) is 0. The zero-order chi connectivity index (χ0) is 17.1. The van der Waals surface area contributed by atoms with Gasteiger partial charge in [0.25, 0.3) is 5.91 Å². The Kier molecular flexibility index (Phi) is 5.20. The number of carbonyl (C=O) groups excluding carboxylic acids is 1. The van der Waals surface area contributed by atoms with E-state index in [4.69, 9.17) is 0 Å². The molecule has 1 aliphatic heterocycles. The van der Waals surface area contributed by atoms with Crippen LogP contribution in [0.2, 0.25) is 0 Å². The fraction of sp³-hybridized carbons (Fsp3) is 0.471. The number of benzene rings is 1. The van der Waals surface area contributed by atoms with Crippen LogP contribution in [0.1, 0.15) is 40.8 Å². The highest BCUT2D eigenvalue weighted by atomic mass is 32.1. The van der Waals surface area contributed by atoms with Crippen molar-refractivity contribution in [2.75, 3.05) is 26.2 Å². The second kappa shape index (κ2) is 7.36. The summed E-state index contributed by atoms with van der Waals surface area (Å²) in [6.07, 6.45) is 0.710. The van der Waals surface area contributed by atoms with Gasteiger partial charge < -0.3 is 4.90 Å². The average Bonchev–Trinajstić information content (AvgIpc) is 3.10. The van der Waals surface area contributed by atoms with E-state index in [1.165, 1.54) is 17.6 Å². The fourth-order valence-corrected chi connectivity index (χ4v) is 3.79. The van der Waals surface area contributed by atoms with E-state index in [2.05, 4.69) is 14.5 Å². The Morgan fingerprint density at radius 1 is 1.29 bits per heavy atom. The number of aromatic nitrogens is 2. The Morgan fingerprint density at radius 2 is 2.00 bits per heavy atom. The van der Waals surface area contributed by atoms with Gasteiger partial charge in [0.1, 0.15) is 10.7 Å². The molecule has 3 rings (SSSR count). The van der Waals surface area contributed by atoms with Gasteiger partial charge in [-0.3, -0.25) is 9.69 Å². The molecule has 2 heterocycles. The Labute approximate surface area is 145 Å². The summed E-state index contributed by atoms with van der Waals surface area (Å²) in [4.78, 5) is 17.3. The maximum absolute atomic E-state index is 14.0. The molecule has 5 nitrogen and oxygen atoms in total. The summed E-state index contributed by atoms with van der Waals surface area (Å²) < 4.78 is 17.9. The number of carbonyl (C=O) groups is 1. The van der Waals surface area contributed by atoms with Crippen molar-refractivity contribution in [1.29, 1.82) is 0 Å². The molecular weight excluding hydrogens is 327 g/mol.